The molecule has 2 rings (SSSR count). The summed E-state index contributed by atoms with van der Waals surface area (Å²) in [6.45, 7) is 6.60. The lowest BCUT2D eigenvalue weighted by Crippen LogP contribution is -2.40. The monoisotopic (exact) mass is 322 g/mol. The normalized spacial score (nSPS) is 18.1. The van der Waals surface area contributed by atoms with Crippen LogP contribution in [-0.4, -0.2) is 41.6 Å². The van der Waals surface area contributed by atoms with E-state index in [0.29, 0.717) is 23.9 Å². The number of rotatable bonds is 6. The molecule has 2 N–H and O–H groups in total. The summed E-state index contributed by atoms with van der Waals surface area (Å²) in [7, 11) is 0. The molecule has 1 aliphatic rings. The fourth-order valence-corrected chi connectivity index (χ4v) is 3.05. The third kappa shape index (κ3) is 5.59. The molecule has 4 nitrogen and oxygen atoms in total. The number of hydrogen-bond donors (Lipinski definition) is 2. The van der Waals surface area contributed by atoms with Crippen molar-refractivity contribution in [1.29, 1.82) is 0 Å². The first kappa shape index (κ1) is 17.9. The zero-order chi connectivity index (χ0) is 16.8. The molecular formula is C18H27FN2O2. The fraction of sp³-hybridized carbons (Fsp3) is 0.611. The van der Waals surface area contributed by atoms with Gasteiger partial charge in [-0.3, -0.25) is 4.79 Å². The maximum Gasteiger partial charge on any atom is 0.220 e. The van der Waals surface area contributed by atoms with Crippen molar-refractivity contribution < 1.29 is 14.3 Å². The Hall–Kier alpha value is -1.46. The van der Waals surface area contributed by atoms with E-state index >= 15 is 0 Å². The maximum atomic E-state index is 13.1. The minimum atomic E-state index is -0.877. The number of benzene rings is 1. The number of amides is 1. The SMILES string of the molecule is CC(C)N1CCC(CC(=O)NC[C@@H](O)c2cccc(F)c2)CC1. The van der Waals surface area contributed by atoms with Crippen LogP contribution in [0.3, 0.4) is 0 Å². The van der Waals surface area contributed by atoms with E-state index in [0.717, 1.165) is 25.9 Å². The molecule has 1 aromatic carbocycles. The quantitative estimate of drug-likeness (QED) is 0.846. The lowest BCUT2D eigenvalue weighted by Gasteiger charge is -2.34. The number of likely N-dealkylation sites (tertiary alicyclic amines) is 1. The smallest absolute Gasteiger partial charge is 0.220 e. The highest BCUT2D eigenvalue weighted by Crippen LogP contribution is 2.22. The minimum absolute atomic E-state index is 0.0385. The van der Waals surface area contributed by atoms with E-state index in [1.54, 1.807) is 12.1 Å². The van der Waals surface area contributed by atoms with Gasteiger partial charge in [-0.2, -0.15) is 0 Å². The predicted octanol–water partition coefficient (Wildman–Crippen LogP) is 2.49. The summed E-state index contributed by atoms with van der Waals surface area (Å²) < 4.78 is 13.1. The number of piperidine rings is 1. The highest BCUT2D eigenvalue weighted by atomic mass is 19.1. The Bertz CT molecular complexity index is 513. The first-order valence-corrected chi connectivity index (χ1v) is 8.40. The minimum Gasteiger partial charge on any atom is -0.387 e. The van der Waals surface area contributed by atoms with E-state index in [1.807, 2.05) is 0 Å². The molecule has 1 saturated heterocycles. The summed E-state index contributed by atoms with van der Waals surface area (Å²) in [5, 5.41) is 12.8. The van der Waals surface area contributed by atoms with Crippen molar-refractivity contribution in [1.82, 2.24) is 10.2 Å². The summed E-state index contributed by atoms with van der Waals surface area (Å²) in [6, 6.07) is 6.39. The predicted molar refractivity (Wildman–Crippen MR) is 88.4 cm³/mol. The van der Waals surface area contributed by atoms with Gasteiger partial charge in [-0.25, -0.2) is 4.39 Å². The van der Waals surface area contributed by atoms with Crippen molar-refractivity contribution in [3.05, 3.63) is 35.6 Å². The van der Waals surface area contributed by atoms with E-state index in [-0.39, 0.29) is 18.3 Å². The molecule has 1 aliphatic heterocycles. The van der Waals surface area contributed by atoms with E-state index in [1.165, 1.54) is 12.1 Å². The van der Waals surface area contributed by atoms with Crippen LogP contribution in [0.5, 0.6) is 0 Å². The molecule has 0 spiro atoms. The van der Waals surface area contributed by atoms with Gasteiger partial charge in [0.1, 0.15) is 5.82 Å². The van der Waals surface area contributed by atoms with Gasteiger partial charge in [0.15, 0.2) is 0 Å². The van der Waals surface area contributed by atoms with E-state index in [9.17, 15) is 14.3 Å². The first-order chi connectivity index (χ1) is 11.0. The maximum absolute atomic E-state index is 13.1. The number of carbonyl (C=O) groups is 1. The van der Waals surface area contributed by atoms with Crippen LogP contribution >= 0.6 is 0 Å². The van der Waals surface area contributed by atoms with Gasteiger partial charge in [-0.05, 0) is 63.4 Å². The zero-order valence-electron chi connectivity index (χ0n) is 14.0. The first-order valence-electron chi connectivity index (χ1n) is 8.40. The highest BCUT2D eigenvalue weighted by Gasteiger charge is 2.23. The molecular weight excluding hydrogens is 295 g/mol. The lowest BCUT2D eigenvalue weighted by atomic mass is 9.92. The summed E-state index contributed by atoms with van der Waals surface area (Å²) in [4.78, 5) is 14.5. The average Bonchev–Trinajstić information content (AvgIpc) is 2.53. The Balaban J connectivity index is 1.71. The van der Waals surface area contributed by atoms with E-state index in [2.05, 4.69) is 24.1 Å². The van der Waals surface area contributed by atoms with Gasteiger partial charge < -0.3 is 15.3 Å². The molecule has 1 fully saturated rings. The Morgan fingerprint density at radius 1 is 1.39 bits per heavy atom. The molecule has 23 heavy (non-hydrogen) atoms. The number of aliphatic hydroxyl groups is 1. The van der Waals surface area contributed by atoms with Crippen molar-refractivity contribution in [2.45, 2.75) is 45.3 Å². The second-order valence-corrected chi connectivity index (χ2v) is 6.65. The Morgan fingerprint density at radius 2 is 2.09 bits per heavy atom. The number of nitrogens with one attached hydrogen (secondary N) is 1. The van der Waals surface area contributed by atoms with Crippen molar-refractivity contribution in [2.24, 2.45) is 5.92 Å². The summed E-state index contributed by atoms with van der Waals surface area (Å²) in [5.41, 5.74) is 0.482. The standard InChI is InChI=1S/C18H27FN2O2/c1-13(2)21-8-6-14(7-9-21)10-18(23)20-12-17(22)15-4-3-5-16(19)11-15/h3-5,11,13-14,17,22H,6-10,12H2,1-2H3,(H,20,23)/t17-/m1/s1. The number of carbonyl (C=O) groups excluding carboxylic acids is 1. The van der Waals surface area contributed by atoms with Crippen LogP contribution in [0.2, 0.25) is 0 Å². The topological polar surface area (TPSA) is 52.6 Å². The number of halogens is 1. The second-order valence-electron chi connectivity index (χ2n) is 6.65. The zero-order valence-corrected chi connectivity index (χ0v) is 14.0. The molecule has 0 aliphatic carbocycles. The highest BCUT2D eigenvalue weighted by molar-refractivity contribution is 5.76. The molecule has 0 unspecified atom stereocenters. The Kier molecular flexibility index (Phi) is 6.54. The van der Waals surface area contributed by atoms with E-state index < -0.39 is 6.10 Å². The van der Waals surface area contributed by atoms with Crippen molar-refractivity contribution >= 4 is 5.91 Å². The van der Waals surface area contributed by atoms with Crippen molar-refractivity contribution in [3.8, 4) is 0 Å². The van der Waals surface area contributed by atoms with Gasteiger partial charge >= 0.3 is 0 Å². The molecule has 128 valence electrons. The number of nitrogens with zero attached hydrogens (tertiary/aromatic N) is 1. The van der Waals surface area contributed by atoms with Crippen LogP contribution in [0.15, 0.2) is 24.3 Å². The number of aliphatic hydroxyl groups excluding tert-OH is 1. The Morgan fingerprint density at radius 3 is 2.70 bits per heavy atom. The van der Waals surface area contributed by atoms with Gasteiger partial charge in [0, 0.05) is 19.0 Å². The molecule has 5 heteroatoms. The molecule has 0 bridgehead atoms. The van der Waals surface area contributed by atoms with Crippen LogP contribution in [-0.2, 0) is 4.79 Å². The third-order valence-corrected chi connectivity index (χ3v) is 4.58. The van der Waals surface area contributed by atoms with Gasteiger partial charge in [0.2, 0.25) is 5.91 Å². The number of hydrogen-bond acceptors (Lipinski definition) is 3. The van der Waals surface area contributed by atoms with Crippen molar-refractivity contribution in [3.63, 3.8) is 0 Å². The second kappa shape index (κ2) is 8.41. The van der Waals surface area contributed by atoms with Crippen LogP contribution in [0.4, 0.5) is 4.39 Å². The molecule has 1 aromatic rings. The van der Waals surface area contributed by atoms with Gasteiger partial charge in [0.25, 0.3) is 0 Å². The largest absolute Gasteiger partial charge is 0.387 e. The molecule has 0 aromatic heterocycles. The summed E-state index contributed by atoms with van der Waals surface area (Å²) in [6.07, 6.45) is 1.70. The van der Waals surface area contributed by atoms with Crippen LogP contribution in [0.1, 0.15) is 44.8 Å². The van der Waals surface area contributed by atoms with Crippen molar-refractivity contribution in [2.75, 3.05) is 19.6 Å². The average molecular weight is 322 g/mol. The van der Waals surface area contributed by atoms with Crippen LogP contribution in [0, 0.1) is 11.7 Å². The molecule has 0 radical (unpaired) electrons. The fourth-order valence-electron chi connectivity index (χ4n) is 3.05. The van der Waals surface area contributed by atoms with Crippen LogP contribution < -0.4 is 5.32 Å². The molecule has 1 amide bonds. The van der Waals surface area contributed by atoms with Gasteiger partial charge in [0.05, 0.1) is 6.10 Å². The van der Waals surface area contributed by atoms with Crippen LogP contribution in [0.25, 0.3) is 0 Å². The van der Waals surface area contributed by atoms with Gasteiger partial charge in [-0.15, -0.1) is 0 Å². The molecule has 1 atom stereocenters. The Labute approximate surface area is 137 Å². The van der Waals surface area contributed by atoms with E-state index in [4.69, 9.17) is 0 Å². The summed E-state index contributed by atoms with van der Waals surface area (Å²) in [5.74, 6) is -0.00967. The summed E-state index contributed by atoms with van der Waals surface area (Å²) >= 11 is 0. The third-order valence-electron chi connectivity index (χ3n) is 4.58. The lowest BCUT2D eigenvalue weighted by molar-refractivity contribution is -0.122. The van der Waals surface area contributed by atoms with Gasteiger partial charge in [-0.1, -0.05) is 12.1 Å². The molecule has 0 saturated carbocycles. The molecule has 1 heterocycles.